The second kappa shape index (κ2) is 12.7. The summed E-state index contributed by atoms with van der Waals surface area (Å²) in [5, 5.41) is 7.17. The molecule has 0 aliphatic heterocycles. The summed E-state index contributed by atoms with van der Waals surface area (Å²) in [6, 6.07) is 73.6. The highest BCUT2D eigenvalue weighted by Crippen LogP contribution is 2.55. The predicted molar refractivity (Wildman–Crippen MR) is 237 cm³/mol. The number of nitrogens with zero attached hydrogens (tertiary/aromatic N) is 4. The van der Waals surface area contributed by atoms with Crippen molar-refractivity contribution in [2.75, 3.05) is 0 Å². The van der Waals surface area contributed by atoms with Crippen LogP contribution in [-0.4, -0.2) is 19.5 Å². The van der Waals surface area contributed by atoms with Gasteiger partial charge in [-0.1, -0.05) is 194 Å². The molecule has 0 saturated carbocycles. The number of fused-ring (bicyclic) bond motifs is 10. The monoisotopic (exact) mass is 738 g/mol. The van der Waals surface area contributed by atoms with Crippen LogP contribution >= 0.6 is 0 Å². The Hall–Kier alpha value is -7.69. The molecule has 0 amide bonds. The summed E-state index contributed by atoms with van der Waals surface area (Å²) in [6.45, 7) is 0. The van der Waals surface area contributed by atoms with E-state index in [4.69, 9.17) is 15.0 Å². The topological polar surface area (TPSA) is 43.6 Å². The molecule has 11 aromatic rings. The van der Waals surface area contributed by atoms with Crippen molar-refractivity contribution in [3.63, 3.8) is 0 Å². The Bertz CT molecular complexity index is 3250. The number of hydrogen-bond donors (Lipinski definition) is 0. The minimum Gasteiger partial charge on any atom is -0.278 e. The van der Waals surface area contributed by atoms with E-state index < -0.39 is 5.41 Å². The van der Waals surface area contributed by atoms with Gasteiger partial charge < -0.3 is 0 Å². The Morgan fingerprint density at radius 2 is 0.845 bits per heavy atom. The van der Waals surface area contributed by atoms with Crippen LogP contribution < -0.4 is 0 Å². The van der Waals surface area contributed by atoms with Crippen LogP contribution in [0.4, 0.5) is 0 Å². The number of aromatic nitrogens is 4. The third-order valence-electron chi connectivity index (χ3n) is 12.1. The molecule has 0 unspecified atom stereocenters. The van der Waals surface area contributed by atoms with Gasteiger partial charge in [-0.3, -0.25) is 4.57 Å². The molecule has 0 saturated heterocycles. The lowest BCUT2D eigenvalue weighted by Crippen LogP contribution is -2.32. The average Bonchev–Trinajstić information content (AvgIpc) is 3.81. The van der Waals surface area contributed by atoms with Gasteiger partial charge in [0.05, 0.1) is 11.0 Å². The maximum atomic E-state index is 5.70. The lowest BCUT2D eigenvalue weighted by atomic mass is 9.71. The molecule has 12 rings (SSSR count). The molecule has 9 aromatic carbocycles. The summed E-state index contributed by atoms with van der Waals surface area (Å²) in [5.41, 5.74) is 10.3. The van der Waals surface area contributed by atoms with Gasteiger partial charge in [0.15, 0.2) is 11.6 Å². The first-order valence-corrected chi connectivity index (χ1v) is 19.8. The van der Waals surface area contributed by atoms with E-state index in [0.29, 0.717) is 17.6 Å². The molecule has 4 heteroatoms. The molecule has 2 heterocycles. The Morgan fingerprint density at radius 1 is 0.362 bits per heavy atom. The van der Waals surface area contributed by atoms with Gasteiger partial charge in [-0.2, -0.15) is 9.97 Å². The molecule has 4 nitrogen and oxygen atoms in total. The molecule has 270 valence electrons. The summed E-state index contributed by atoms with van der Waals surface area (Å²) in [7, 11) is 0. The first kappa shape index (κ1) is 32.5. The molecule has 0 radical (unpaired) electrons. The van der Waals surface area contributed by atoms with Crippen molar-refractivity contribution in [1.82, 2.24) is 19.5 Å². The first-order chi connectivity index (χ1) is 28.8. The van der Waals surface area contributed by atoms with Crippen LogP contribution in [0.3, 0.4) is 0 Å². The van der Waals surface area contributed by atoms with E-state index in [1.807, 2.05) is 6.07 Å². The van der Waals surface area contributed by atoms with E-state index >= 15 is 0 Å². The van der Waals surface area contributed by atoms with E-state index in [9.17, 15) is 0 Å². The smallest absolute Gasteiger partial charge is 0.238 e. The lowest BCUT2D eigenvalue weighted by Gasteiger charge is -2.32. The molecule has 2 aromatic heterocycles. The number of rotatable bonds is 5. The SMILES string of the molecule is c1ccc(-c2ccc(-c3nc(-n4c5ccc6ccccc6c5c5c6ccccc6ccc54)nc(C4(c5ccccc5)c5ccccc5-c5ccccc54)n3)cc2)cc1. The largest absolute Gasteiger partial charge is 0.278 e. The highest BCUT2D eigenvalue weighted by atomic mass is 15.2. The van der Waals surface area contributed by atoms with Gasteiger partial charge in [-0.25, -0.2) is 4.98 Å². The van der Waals surface area contributed by atoms with Crippen LogP contribution in [0.25, 0.3) is 82.9 Å². The van der Waals surface area contributed by atoms with E-state index in [0.717, 1.165) is 44.4 Å². The zero-order valence-electron chi connectivity index (χ0n) is 31.4. The summed E-state index contributed by atoms with van der Waals surface area (Å²) < 4.78 is 2.27. The molecule has 1 aliphatic carbocycles. The summed E-state index contributed by atoms with van der Waals surface area (Å²) in [6.07, 6.45) is 0. The molecule has 58 heavy (non-hydrogen) atoms. The average molecular weight is 739 g/mol. The fourth-order valence-corrected chi connectivity index (χ4v) is 9.57. The van der Waals surface area contributed by atoms with Crippen LogP contribution in [0.15, 0.2) is 206 Å². The Morgan fingerprint density at radius 3 is 1.45 bits per heavy atom. The van der Waals surface area contributed by atoms with E-state index in [2.05, 4.69) is 205 Å². The molecular formula is C54H34N4. The zero-order valence-corrected chi connectivity index (χ0v) is 31.4. The minimum atomic E-state index is -0.816. The molecule has 0 atom stereocenters. The highest BCUT2D eigenvalue weighted by molar-refractivity contribution is 6.28. The normalized spacial score (nSPS) is 13.0. The Balaban J connectivity index is 1.22. The van der Waals surface area contributed by atoms with Gasteiger partial charge in [0.25, 0.3) is 0 Å². The van der Waals surface area contributed by atoms with Crippen LogP contribution in [-0.2, 0) is 5.41 Å². The minimum absolute atomic E-state index is 0.579. The zero-order chi connectivity index (χ0) is 38.2. The Labute approximate surface area is 335 Å². The molecule has 0 bridgehead atoms. The standard InChI is InChI=1S/C54H34N4/c1-3-15-35(16-4-1)36-27-29-39(30-28-36)51-55-52(54(40-19-5-2-6-20-40)45-25-13-11-23-43(45)44-24-12-14-26-46(44)54)57-53(56-51)58-47-33-31-37-17-7-9-21-41(37)49(47)50-42-22-10-8-18-38(42)32-34-48(50)58/h1-34H. The van der Waals surface area contributed by atoms with Crippen LogP contribution in [0.2, 0.25) is 0 Å². The van der Waals surface area contributed by atoms with Gasteiger partial charge in [0, 0.05) is 16.3 Å². The molecule has 1 aliphatic rings. The maximum absolute atomic E-state index is 5.70. The van der Waals surface area contributed by atoms with Gasteiger partial charge in [0.1, 0.15) is 5.41 Å². The van der Waals surface area contributed by atoms with E-state index in [1.165, 1.54) is 43.4 Å². The third-order valence-corrected chi connectivity index (χ3v) is 12.1. The quantitative estimate of drug-likeness (QED) is 0.177. The second-order valence-corrected chi connectivity index (χ2v) is 15.1. The number of hydrogen-bond acceptors (Lipinski definition) is 3. The van der Waals surface area contributed by atoms with Crippen LogP contribution in [0.1, 0.15) is 22.5 Å². The fraction of sp³-hybridized carbons (Fsp3) is 0.0185. The van der Waals surface area contributed by atoms with Crippen molar-refractivity contribution in [1.29, 1.82) is 0 Å². The summed E-state index contributed by atoms with van der Waals surface area (Å²) >= 11 is 0. The van der Waals surface area contributed by atoms with Crippen molar-refractivity contribution in [2.45, 2.75) is 5.41 Å². The van der Waals surface area contributed by atoms with Gasteiger partial charge in [-0.05, 0) is 72.6 Å². The first-order valence-electron chi connectivity index (χ1n) is 19.8. The summed E-state index contributed by atoms with van der Waals surface area (Å²) in [4.78, 5) is 16.7. The van der Waals surface area contributed by atoms with Gasteiger partial charge >= 0.3 is 0 Å². The number of benzene rings is 9. The van der Waals surface area contributed by atoms with Crippen LogP contribution in [0, 0.1) is 0 Å². The summed E-state index contributed by atoms with van der Waals surface area (Å²) in [5.74, 6) is 1.88. The Kier molecular flexibility index (Phi) is 7.11. The van der Waals surface area contributed by atoms with Crippen LogP contribution in [0.5, 0.6) is 0 Å². The van der Waals surface area contributed by atoms with E-state index in [-0.39, 0.29) is 0 Å². The van der Waals surface area contributed by atoms with Gasteiger partial charge in [0.2, 0.25) is 5.95 Å². The van der Waals surface area contributed by atoms with Crippen molar-refractivity contribution < 1.29 is 0 Å². The molecular weight excluding hydrogens is 705 g/mol. The molecule has 0 fully saturated rings. The van der Waals surface area contributed by atoms with Crippen molar-refractivity contribution in [3.8, 4) is 39.6 Å². The lowest BCUT2D eigenvalue weighted by molar-refractivity contribution is 0.683. The predicted octanol–water partition coefficient (Wildman–Crippen LogP) is 13.0. The van der Waals surface area contributed by atoms with E-state index in [1.54, 1.807) is 0 Å². The highest BCUT2D eigenvalue weighted by Gasteiger charge is 2.49. The van der Waals surface area contributed by atoms with Crippen molar-refractivity contribution in [2.24, 2.45) is 0 Å². The molecule has 0 N–H and O–H groups in total. The fourth-order valence-electron chi connectivity index (χ4n) is 9.57. The van der Waals surface area contributed by atoms with Gasteiger partial charge in [-0.15, -0.1) is 0 Å². The van der Waals surface area contributed by atoms with Crippen molar-refractivity contribution in [3.05, 3.63) is 229 Å². The molecule has 0 spiro atoms. The van der Waals surface area contributed by atoms with Crippen molar-refractivity contribution >= 4 is 43.4 Å². The third kappa shape index (κ3) is 4.66. The maximum Gasteiger partial charge on any atom is 0.238 e. The second-order valence-electron chi connectivity index (χ2n) is 15.1.